The lowest BCUT2D eigenvalue weighted by atomic mass is 10.0. The number of rotatable bonds is 8. The van der Waals surface area contributed by atoms with E-state index in [0.717, 1.165) is 25.7 Å². The van der Waals surface area contributed by atoms with Crippen molar-refractivity contribution in [1.29, 1.82) is 0 Å². The van der Waals surface area contributed by atoms with E-state index in [0.29, 0.717) is 0 Å². The number of nitrogens with one attached hydrogen (secondary N) is 1. The van der Waals surface area contributed by atoms with Crippen LogP contribution in [0.15, 0.2) is 17.5 Å². The van der Waals surface area contributed by atoms with E-state index in [2.05, 4.69) is 29.9 Å². The van der Waals surface area contributed by atoms with Crippen molar-refractivity contribution in [2.75, 3.05) is 7.11 Å². The number of hydrogen-bond acceptors (Lipinski definition) is 4. The Bertz CT molecular complexity index is 264. The van der Waals surface area contributed by atoms with Crippen LogP contribution < -0.4 is 11.3 Å². The Balaban J connectivity index is 2.40. The van der Waals surface area contributed by atoms with E-state index in [1.807, 2.05) is 0 Å². The largest absolute Gasteiger partial charge is 0.380 e. The zero-order valence-electron chi connectivity index (χ0n) is 10.1. The van der Waals surface area contributed by atoms with Crippen molar-refractivity contribution in [3.63, 3.8) is 0 Å². The second-order valence-corrected chi connectivity index (χ2v) is 4.99. The van der Waals surface area contributed by atoms with Crippen LogP contribution in [-0.4, -0.2) is 19.3 Å². The number of hydrazine groups is 1. The predicted octanol–water partition coefficient (Wildman–Crippen LogP) is 2.33. The van der Waals surface area contributed by atoms with Crippen LogP contribution in [0, 0.1) is 0 Å². The minimum absolute atomic E-state index is 0.218. The quantitative estimate of drug-likeness (QED) is 0.543. The molecule has 3 N–H and O–H groups in total. The molecule has 4 heteroatoms. The highest BCUT2D eigenvalue weighted by molar-refractivity contribution is 7.09. The molecule has 0 aliphatic rings. The fourth-order valence-electron chi connectivity index (χ4n) is 1.90. The number of methoxy groups -OCH3 is 1. The molecule has 0 radical (unpaired) electrons. The number of hydrogen-bond donors (Lipinski definition) is 2. The third kappa shape index (κ3) is 4.22. The molecule has 0 saturated carbocycles. The lowest BCUT2D eigenvalue weighted by Gasteiger charge is -2.24. The minimum Gasteiger partial charge on any atom is -0.380 e. The molecule has 92 valence electrons. The molecular weight excluding hydrogens is 220 g/mol. The maximum atomic E-state index is 5.59. The zero-order chi connectivity index (χ0) is 11.8. The highest BCUT2D eigenvalue weighted by Gasteiger charge is 2.18. The number of nitrogens with two attached hydrogens (primary N) is 1. The topological polar surface area (TPSA) is 47.3 Å². The van der Waals surface area contributed by atoms with Gasteiger partial charge in [0.25, 0.3) is 0 Å². The van der Waals surface area contributed by atoms with Crippen LogP contribution in [0.1, 0.15) is 31.1 Å². The summed E-state index contributed by atoms with van der Waals surface area (Å²) >= 11 is 1.80. The number of thiophene rings is 1. The third-order valence-electron chi connectivity index (χ3n) is 2.82. The third-order valence-corrected chi connectivity index (χ3v) is 3.76. The average molecular weight is 242 g/mol. The van der Waals surface area contributed by atoms with Crippen molar-refractivity contribution in [2.24, 2.45) is 5.84 Å². The van der Waals surface area contributed by atoms with Gasteiger partial charge in [-0.05, 0) is 30.7 Å². The van der Waals surface area contributed by atoms with E-state index in [9.17, 15) is 0 Å². The summed E-state index contributed by atoms with van der Waals surface area (Å²) in [6, 6.07) is 4.50. The summed E-state index contributed by atoms with van der Waals surface area (Å²) in [6.07, 6.45) is 4.48. The van der Waals surface area contributed by atoms with Gasteiger partial charge in [0.1, 0.15) is 0 Å². The van der Waals surface area contributed by atoms with Crippen LogP contribution in [0.25, 0.3) is 0 Å². The highest BCUT2D eigenvalue weighted by Crippen LogP contribution is 2.15. The first-order valence-electron chi connectivity index (χ1n) is 5.83. The van der Waals surface area contributed by atoms with Gasteiger partial charge in [-0.2, -0.15) is 0 Å². The van der Waals surface area contributed by atoms with Crippen LogP contribution >= 0.6 is 11.3 Å². The lowest BCUT2D eigenvalue weighted by Crippen LogP contribution is -2.45. The standard InChI is InChI=1S/C12H22N2OS/c1-3-5-12(15-2)11(14-13)8-7-10-6-4-9-16-10/h4,6,9,11-12,14H,3,5,7-8,13H2,1-2H3. The van der Waals surface area contributed by atoms with Gasteiger partial charge in [0.15, 0.2) is 0 Å². The van der Waals surface area contributed by atoms with E-state index in [4.69, 9.17) is 10.6 Å². The number of ether oxygens (including phenoxy) is 1. The zero-order valence-corrected chi connectivity index (χ0v) is 10.9. The smallest absolute Gasteiger partial charge is 0.0737 e. The van der Waals surface area contributed by atoms with E-state index >= 15 is 0 Å². The van der Waals surface area contributed by atoms with Gasteiger partial charge in [0.2, 0.25) is 0 Å². The van der Waals surface area contributed by atoms with Crippen LogP contribution in [0.2, 0.25) is 0 Å². The Kier molecular flexibility index (Phi) is 6.64. The summed E-state index contributed by atoms with van der Waals surface area (Å²) in [5.74, 6) is 5.59. The van der Waals surface area contributed by atoms with Gasteiger partial charge in [0, 0.05) is 18.0 Å². The molecule has 0 saturated heterocycles. The first kappa shape index (κ1) is 13.6. The van der Waals surface area contributed by atoms with Crippen molar-refractivity contribution in [3.8, 4) is 0 Å². The molecule has 16 heavy (non-hydrogen) atoms. The summed E-state index contributed by atoms with van der Waals surface area (Å²) in [7, 11) is 1.76. The molecule has 0 aliphatic carbocycles. The summed E-state index contributed by atoms with van der Waals surface area (Å²) in [5, 5.41) is 2.11. The first-order chi connectivity index (χ1) is 7.81. The average Bonchev–Trinajstić information content (AvgIpc) is 2.81. The summed E-state index contributed by atoms with van der Waals surface area (Å²) in [6.45, 7) is 2.17. The molecular formula is C12H22N2OS. The van der Waals surface area contributed by atoms with Gasteiger partial charge in [-0.25, -0.2) is 0 Å². The normalized spacial score (nSPS) is 14.9. The summed E-state index contributed by atoms with van der Waals surface area (Å²) in [4.78, 5) is 1.41. The lowest BCUT2D eigenvalue weighted by molar-refractivity contribution is 0.0583. The second-order valence-electron chi connectivity index (χ2n) is 3.95. The SMILES string of the molecule is CCCC(OC)C(CCc1cccs1)NN. The van der Waals surface area contributed by atoms with Crippen molar-refractivity contribution in [2.45, 2.75) is 44.8 Å². The van der Waals surface area contributed by atoms with Crippen molar-refractivity contribution in [3.05, 3.63) is 22.4 Å². The Morgan fingerprint density at radius 3 is 2.81 bits per heavy atom. The summed E-state index contributed by atoms with van der Waals surface area (Å²) in [5.41, 5.74) is 2.88. The van der Waals surface area contributed by atoms with Crippen molar-refractivity contribution < 1.29 is 4.74 Å². The Morgan fingerprint density at radius 2 is 2.31 bits per heavy atom. The summed E-state index contributed by atoms with van der Waals surface area (Å²) < 4.78 is 5.47. The fourth-order valence-corrected chi connectivity index (χ4v) is 2.62. The molecule has 0 aliphatic heterocycles. The molecule has 1 aromatic rings. The molecule has 0 amide bonds. The van der Waals surface area contributed by atoms with Crippen molar-refractivity contribution in [1.82, 2.24) is 5.43 Å². The predicted molar refractivity (Wildman–Crippen MR) is 69.5 cm³/mol. The Morgan fingerprint density at radius 1 is 1.50 bits per heavy atom. The molecule has 0 aromatic carbocycles. The van der Waals surface area contributed by atoms with Crippen LogP contribution in [0.3, 0.4) is 0 Å². The van der Waals surface area contributed by atoms with Gasteiger partial charge in [-0.15, -0.1) is 11.3 Å². The first-order valence-corrected chi connectivity index (χ1v) is 6.71. The number of aryl methyl sites for hydroxylation is 1. The Labute approximate surface area is 102 Å². The highest BCUT2D eigenvalue weighted by atomic mass is 32.1. The van der Waals surface area contributed by atoms with Gasteiger partial charge in [0.05, 0.1) is 6.10 Å². The van der Waals surface area contributed by atoms with Gasteiger partial charge >= 0.3 is 0 Å². The van der Waals surface area contributed by atoms with Gasteiger partial charge in [-0.1, -0.05) is 19.4 Å². The minimum atomic E-state index is 0.218. The molecule has 2 atom stereocenters. The maximum absolute atomic E-state index is 5.59. The van der Waals surface area contributed by atoms with Crippen LogP contribution in [0.4, 0.5) is 0 Å². The van der Waals surface area contributed by atoms with E-state index < -0.39 is 0 Å². The molecule has 0 bridgehead atoms. The molecule has 1 aromatic heterocycles. The van der Waals surface area contributed by atoms with Crippen LogP contribution in [0.5, 0.6) is 0 Å². The van der Waals surface area contributed by atoms with E-state index in [1.165, 1.54) is 4.88 Å². The van der Waals surface area contributed by atoms with Gasteiger partial charge < -0.3 is 4.74 Å². The molecule has 2 unspecified atom stereocenters. The van der Waals surface area contributed by atoms with Gasteiger partial charge in [-0.3, -0.25) is 11.3 Å². The fraction of sp³-hybridized carbons (Fsp3) is 0.667. The molecule has 0 spiro atoms. The maximum Gasteiger partial charge on any atom is 0.0737 e. The van der Waals surface area contributed by atoms with E-state index in [-0.39, 0.29) is 12.1 Å². The molecule has 1 heterocycles. The van der Waals surface area contributed by atoms with E-state index in [1.54, 1.807) is 18.4 Å². The monoisotopic (exact) mass is 242 g/mol. The second kappa shape index (κ2) is 7.79. The van der Waals surface area contributed by atoms with Crippen molar-refractivity contribution >= 4 is 11.3 Å². The molecule has 1 rings (SSSR count). The Hall–Kier alpha value is -0.420. The molecule has 3 nitrogen and oxygen atoms in total. The van der Waals surface area contributed by atoms with Crippen LogP contribution in [-0.2, 0) is 11.2 Å². The molecule has 0 fully saturated rings.